The van der Waals surface area contributed by atoms with Gasteiger partial charge < -0.3 is 75.6 Å². The van der Waals surface area contributed by atoms with Gasteiger partial charge in [-0.05, 0) is 30.2 Å². The number of hydrogen-bond donors (Lipinski definition) is 8. The third kappa shape index (κ3) is 11.2. The number of ether oxygens (including phenoxy) is 4. The maximum absolute atomic E-state index is 14.7. The van der Waals surface area contributed by atoms with Crippen LogP contribution < -0.4 is 22.9 Å². The number of oxazole rings is 3. The molecule has 4 saturated heterocycles. The van der Waals surface area contributed by atoms with Gasteiger partial charge in [-0.2, -0.15) is 20.4 Å². The average molecular weight is 1320 g/mol. The Kier molecular flexibility index (Phi) is 17.8. The Bertz CT molecular complexity index is 4390. The second-order valence-corrected chi connectivity index (χ2v) is 24.6. The van der Waals surface area contributed by atoms with E-state index in [2.05, 4.69) is 80.9 Å². The molecule has 11 aromatic heterocycles. The minimum absolute atomic E-state index is 0.0197. The Labute approximate surface area is 537 Å². The molecule has 95 heavy (non-hydrogen) atoms. The lowest BCUT2D eigenvalue weighted by atomic mass is 9.75. The van der Waals surface area contributed by atoms with Gasteiger partial charge in [0.05, 0.1) is 109 Å². The van der Waals surface area contributed by atoms with Crippen molar-refractivity contribution < 1.29 is 65.8 Å². The molecule has 0 aromatic carbocycles. The standard InChI is InChI=1S/C17H21N5O3.C16H18FN5O3.C15H16FN5O3.C13H14FN5O2/c1-9-12(7-23)25-14(17(9,2)3)11-6-10(16-19-4-5-24-16)13-15(18)20-8-21-22(11)13;1-16(2)12(17)10(6-23)25-13(16)9-5-8(15-19-3-4-24-15)11-14(18)20-7-21-22(9)11;1-7-10(5-22)24-13(11(7)16)9-4-8(15-18-2-3-23-15)12-14(17)19-6-20-21(9)12;1-6-9(4-20)21-12(10(6)14)8-3-7(16-2)11-13(15)17-5-18-19(8)11/h4-6,8-9,12,14,23H,7H2,1-3H3,(H2,18,20,21);3-5,7,10,12-13,23H,6H2,1-2H3,(H2,18,20,21);2-4,6-7,10-11,13,22H,5H2,1H3,(H2,17,19,20);3,5-6,9-10,12,20H,4H2,1H3,(H2,15,17,18)/t9-,12-,14+;10-,12-,13+;7-,10-,11-,13+;6-,9-,10-,12+/m1111/s1. The molecule has 34 heteroatoms. The predicted octanol–water partition coefficient (Wildman–Crippen LogP) is 6.47. The lowest BCUT2D eigenvalue weighted by Gasteiger charge is -2.28. The van der Waals surface area contributed by atoms with Crippen molar-refractivity contribution in [3.05, 3.63) is 121 Å². The average Bonchev–Trinajstić information content (AvgIpc) is 1.61. The van der Waals surface area contributed by atoms with Crippen LogP contribution in [-0.4, -0.2) is 163 Å². The molecule has 11 aromatic rings. The monoisotopic (exact) mass is 1310 g/mol. The second kappa shape index (κ2) is 25.9. The normalized spacial score (nSPS) is 26.7. The van der Waals surface area contributed by atoms with Crippen molar-refractivity contribution in [3.8, 4) is 34.4 Å². The van der Waals surface area contributed by atoms with E-state index >= 15 is 0 Å². The lowest BCUT2D eigenvalue weighted by Crippen LogP contribution is -2.31. The minimum Gasteiger partial charge on any atom is -0.444 e. The Morgan fingerprint density at radius 1 is 0.474 bits per heavy atom. The van der Waals surface area contributed by atoms with E-state index in [0.29, 0.717) is 73.8 Å². The molecule has 0 unspecified atom stereocenters. The number of halogens is 3. The van der Waals surface area contributed by atoms with E-state index in [9.17, 15) is 33.6 Å². The molecule has 0 amide bonds. The number of aromatic nitrogens is 15. The first-order valence-electron chi connectivity index (χ1n) is 30.1. The maximum atomic E-state index is 14.7. The molecule has 0 saturated carbocycles. The van der Waals surface area contributed by atoms with E-state index in [0.717, 1.165) is 11.3 Å². The highest BCUT2D eigenvalue weighted by Crippen LogP contribution is 2.54. The van der Waals surface area contributed by atoms with E-state index in [1.165, 1.54) is 71.6 Å². The molecule has 4 aliphatic heterocycles. The zero-order valence-electron chi connectivity index (χ0n) is 52.2. The first kappa shape index (κ1) is 65.3. The van der Waals surface area contributed by atoms with Crippen molar-refractivity contribution in [1.29, 1.82) is 0 Å². The molecule has 14 atom stereocenters. The highest BCUT2D eigenvalue weighted by Gasteiger charge is 2.54. The number of anilines is 4. The fourth-order valence-electron chi connectivity index (χ4n) is 12.9. The zero-order valence-corrected chi connectivity index (χ0v) is 52.2. The van der Waals surface area contributed by atoms with E-state index in [4.69, 9.17) is 61.7 Å². The maximum Gasteiger partial charge on any atom is 0.228 e. The van der Waals surface area contributed by atoms with E-state index < -0.39 is 79.0 Å². The highest BCUT2D eigenvalue weighted by atomic mass is 19.1. The minimum atomic E-state index is -1.32. The number of nitrogens with two attached hydrogens (primary N) is 4. The van der Waals surface area contributed by atoms with Crippen molar-refractivity contribution in [1.82, 2.24) is 73.3 Å². The van der Waals surface area contributed by atoms with Crippen molar-refractivity contribution in [3.63, 3.8) is 0 Å². The van der Waals surface area contributed by atoms with Gasteiger partial charge in [0.2, 0.25) is 23.4 Å². The van der Waals surface area contributed by atoms with Crippen LogP contribution in [0.2, 0.25) is 0 Å². The van der Waals surface area contributed by atoms with Crippen molar-refractivity contribution in [2.75, 3.05) is 49.4 Å². The molecule has 0 bridgehead atoms. The van der Waals surface area contributed by atoms with Crippen LogP contribution in [0.3, 0.4) is 0 Å². The lowest BCUT2D eigenvalue weighted by molar-refractivity contribution is -0.0142. The topological polar surface area (TPSA) is 425 Å². The number of alkyl halides is 3. The van der Waals surface area contributed by atoms with Gasteiger partial charge >= 0.3 is 0 Å². The largest absolute Gasteiger partial charge is 0.444 e. The molecule has 15 rings (SSSR count). The van der Waals surface area contributed by atoms with Gasteiger partial charge in [0.1, 0.15) is 121 Å². The van der Waals surface area contributed by atoms with E-state index in [1.807, 2.05) is 6.07 Å². The SMILES string of the molecule is CC1(C)[C@H](F)[C@@H](CO)O[C@H]1c1cc(-c2ncco2)c2c(N)ncnn12.C[C@@H]1[C@@H](CO)O[C@@H](c2cc(-c3ncco3)c3c(N)ncnn23)C1(C)C.C[C@H]1[C@@H](F)[C@H](c2cc(-c3ncco3)c3c(N)ncnn23)O[C@@H]1CO.[C-]#[N+]c1cc([C@@H]2O[C@H](CO)[C@@H](C)[C@H]2F)n2ncnc(N)c12. The van der Waals surface area contributed by atoms with Crippen LogP contribution in [0.5, 0.6) is 0 Å². The van der Waals surface area contributed by atoms with Crippen LogP contribution in [0.25, 0.3) is 61.3 Å². The summed E-state index contributed by atoms with van der Waals surface area (Å²) in [5.74, 6) is 1.42. The van der Waals surface area contributed by atoms with Gasteiger partial charge in [-0.3, -0.25) is 0 Å². The van der Waals surface area contributed by atoms with Crippen LogP contribution in [0.15, 0.2) is 100 Å². The summed E-state index contributed by atoms with van der Waals surface area (Å²) in [5.41, 5.74) is 29.2. The highest BCUT2D eigenvalue weighted by molar-refractivity contribution is 5.87. The van der Waals surface area contributed by atoms with Gasteiger partial charge in [-0.25, -0.2) is 71.0 Å². The van der Waals surface area contributed by atoms with Crippen LogP contribution in [0.4, 0.5) is 42.1 Å². The molecule has 0 spiro atoms. The van der Waals surface area contributed by atoms with Gasteiger partial charge in [0.15, 0.2) is 17.5 Å². The predicted molar refractivity (Wildman–Crippen MR) is 331 cm³/mol. The third-order valence-electron chi connectivity index (χ3n) is 18.5. The molecule has 15 heterocycles. The van der Waals surface area contributed by atoms with Gasteiger partial charge in [-0.15, -0.1) is 0 Å². The van der Waals surface area contributed by atoms with Crippen molar-refractivity contribution >= 4 is 51.0 Å². The number of aliphatic hydroxyl groups excluding tert-OH is 4. The van der Waals surface area contributed by atoms with Crippen LogP contribution in [0, 0.1) is 35.2 Å². The Balaban J connectivity index is 0.000000122. The number of fused-ring (bicyclic) bond motifs is 4. The van der Waals surface area contributed by atoms with Crippen molar-refractivity contribution in [2.24, 2.45) is 28.6 Å². The molecule has 4 fully saturated rings. The molecule has 0 aliphatic carbocycles. The molecule has 500 valence electrons. The van der Waals surface area contributed by atoms with Gasteiger partial charge in [-0.1, -0.05) is 48.5 Å². The van der Waals surface area contributed by atoms with Crippen molar-refractivity contribution in [2.45, 2.75) is 116 Å². The summed E-state index contributed by atoms with van der Waals surface area (Å²) in [5, 5.41) is 54.5. The Hall–Kier alpha value is -9.73. The summed E-state index contributed by atoms with van der Waals surface area (Å²) in [6, 6.07) is 6.91. The summed E-state index contributed by atoms with van der Waals surface area (Å²) in [4.78, 5) is 31.8. The number of nitrogen functional groups attached to an aromatic ring is 4. The Morgan fingerprint density at radius 3 is 1.17 bits per heavy atom. The summed E-state index contributed by atoms with van der Waals surface area (Å²) in [6.07, 6.45) is 5.46. The molecular formula is C61H69F3N20O11. The zero-order chi connectivity index (χ0) is 67.5. The fourth-order valence-corrected chi connectivity index (χ4v) is 12.9. The Morgan fingerprint density at radius 2 is 0.821 bits per heavy atom. The first-order valence-corrected chi connectivity index (χ1v) is 30.1. The van der Waals surface area contributed by atoms with E-state index in [-0.39, 0.29) is 66.5 Å². The molecular weight excluding hydrogens is 1250 g/mol. The number of nitrogens with zero attached hydrogens (tertiary/aromatic N) is 16. The number of rotatable bonds is 11. The van der Waals surface area contributed by atoms with Gasteiger partial charge in [0.25, 0.3) is 0 Å². The van der Waals surface area contributed by atoms with Crippen LogP contribution in [-0.2, 0) is 18.9 Å². The van der Waals surface area contributed by atoms with Gasteiger partial charge in [0, 0.05) is 22.7 Å². The summed E-state index contributed by atoms with van der Waals surface area (Å²) in [6.45, 7) is 19.5. The summed E-state index contributed by atoms with van der Waals surface area (Å²) < 4.78 is 89.5. The number of hydrogen-bond acceptors (Lipinski definition) is 26. The molecule has 12 N–H and O–H groups in total. The fraction of sp³-hybridized carbons (Fsp3) is 0.443. The third-order valence-corrected chi connectivity index (χ3v) is 18.5. The quantitative estimate of drug-likeness (QED) is 0.0643. The van der Waals surface area contributed by atoms with Crippen LogP contribution >= 0.6 is 0 Å². The smallest absolute Gasteiger partial charge is 0.228 e. The summed E-state index contributed by atoms with van der Waals surface area (Å²) in [7, 11) is 0. The summed E-state index contributed by atoms with van der Waals surface area (Å²) >= 11 is 0. The molecule has 4 aliphatic rings. The number of aliphatic hydroxyl groups is 4. The van der Waals surface area contributed by atoms with Crippen LogP contribution in [0.1, 0.15) is 95.7 Å². The first-order chi connectivity index (χ1) is 45.6. The van der Waals surface area contributed by atoms with E-state index in [1.54, 1.807) is 55.1 Å². The molecule has 0 radical (unpaired) electrons. The second-order valence-electron chi connectivity index (χ2n) is 24.6. The molecule has 31 nitrogen and oxygen atoms in total.